The number of nitrogens with two attached hydrogens (primary N) is 1. The van der Waals surface area contributed by atoms with Crippen LogP contribution in [-0.4, -0.2) is 0 Å². The van der Waals surface area contributed by atoms with E-state index in [2.05, 4.69) is 54.6 Å². The average molecular weight is 237 g/mol. The fourth-order valence-corrected chi connectivity index (χ4v) is 3.06. The molecule has 0 bridgehead atoms. The summed E-state index contributed by atoms with van der Waals surface area (Å²) in [4.78, 5) is 0. The van der Waals surface area contributed by atoms with Gasteiger partial charge in [-0.2, -0.15) is 0 Å². The Balaban J connectivity index is 2.16. The van der Waals surface area contributed by atoms with Crippen molar-refractivity contribution < 1.29 is 0 Å². The van der Waals surface area contributed by atoms with Crippen LogP contribution in [0.2, 0.25) is 0 Å². The topological polar surface area (TPSA) is 26.0 Å². The molecule has 1 aliphatic rings. The van der Waals surface area contributed by atoms with Gasteiger partial charge in [0, 0.05) is 0 Å². The van der Waals surface area contributed by atoms with Crippen LogP contribution in [0.25, 0.3) is 0 Å². The summed E-state index contributed by atoms with van der Waals surface area (Å²) >= 11 is 0. The Morgan fingerprint density at radius 3 is 2.39 bits per heavy atom. The second-order valence-corrected chi connectivity index (χ2v) is 5.20. The van der Waals surface area contributed by atoms with Crippen LogP contribution < -0.4 is 5.73 Å². The highest BCUT2D eigenvalue weighted by atomic mass is 14.7. The van der Waals surface area contributed by atoms with Gasteiger partial charge in [-0.1, -0.05) is 61.0 Å². The summed E-state index contributed by atoms with van der Waals surface area (Å²) in [5, 5.41) is 0. The number of fused-ring (bicyclic) bond motifs is 1. The summed E-state index contributed by atoms with van der Waals surface area (Å²) in [6, 6.07) is 19.2. The van der Waals surface area contributed by atoms with Crippen LogP contribution in [0.15, 0.2) is 54.6 Å². The van der Waals surface area contributed by atoms with Gasteiger partial charge in [0.05, 0.1) is 5.54 Å². The lowest BCUT2D eigenvalue weighted by Gasteiger charge is -2.31. The van der Waals surface area contributed by atoms with Crippen molar-refractivity contribution in [2.75, 3.05) is 0 Å². The highest BCUT2D eigenvalue weighted by molar-refractivity contribution is 5.43. The maximum Gasteiger partial charge on any atom is 0.0668 e. The van der Waals surface area contributed by atoms with Crippen LogP contribution in [0.4, 0.5) is 0 Å². The van der Waals surface area contributed by atoms with Gasteiger partial charge in [-0.15, -0.1) is 0 Å². The van der Waals surface area contributed by atoms with E-state index >= 15 is 0 Å². The summed E-state index contributed by atoms with van der Waals surface area (Å²) in [5.74, 6) is 0. The summed E-state index contributed by atoms with van der Waals surface area (Å²) in [5.41, 5.74) is 10.4. The maximum atomic E-state index is 6.79. The summed E-state index contributed by atoms with van der Waals surface area (Å²) < 4.78 is 0. The van der Waals surface area contributed by atoms with E-state index in [9.17, 15) is 0 Å². The van der Waals surface area contributed by atoms with Crippen molar-refractivity contribution in [3.63, 3.8) is 0 Å². The van der Waals surface area contributed by atoms with Crippen molar-refractivity contribution in [2.45, 2.75) is 31.2 Å². The Morgan fingerprint density at radius 2 is 1.56 bits per heavy atom. The zero-order chi connectivity index (χ0) is 12.4. The van der Waals surface area contributed by atoms with E-state index in [1.807, 2.05) is 0 Å². The molecule has 0 fully saturated rings. The molecule has 0 aliphatic heterocycles. The van der Waals surface area contributed by atoms with E-state index in [0.717, 1.165) is 12.8 Å². The van der Waals surface area contributed by atoms with Crippen LogP contribution in [0.3, 0.4) is 0 Å². The Kier molecular flexibility index (Phi) is 2.92. The van der Waals surface area contributed by atoms with Gasteiger partial charge in [0.2, 0.25) is 0 Å². The Hall–Kier alpha value is -1.60. The van der Waals surface area contributed by atoms with Crippen LogP contribution in [0.1, 0.15) is 36.0 Å². The maximum absolute atomic E-state index is 6.79. The molecule has 1 nitrogen and oxygen atoms in total. The van der Waals surface area contributed by atoms with Crippen molar-refractivity contribution in [3.8, 4) is 0 Å². The first-order valence-electron chi connectivity index (χ1n) is 6.73. The number of hydrogen-bond donors (Lipinski definition) is 1. The third-order valence-electron chi connectivity index (χ3n) is 4.05. The predicted molar refractivity (Wildman–Crippen MR) is 75.4 cm³/mol. The van der Waals surface area contributed by atoms with Gasteiger partial charge in [-0.3, -0.25) is 0 Å². The standard InChI is InChI=1S/C17H19N/c18-17(15-10-2-1-3-11-15)13-7-6-9-14-8-4-5-12-16(14)17/h1-5,8,10-12H,6-7,9,13,18H2. The summed E-state index contributed by atoms with van der Waals surface area (Å²) in [7, 11) is 0. The molecule has 1 aliphatic carbocycles. The largest absolute Gasteiger partial charge is 0.318 e. The molecule has 0 aromatic heterocycles. The van der Waals surface area contributed by atoms with Gasteiger partial charge in [0.25, 0.3) is 0 Å². The van der Waals surface area contributed by atoms with Crippen molar-refractivity contribution in [1.29, 1.82) is 0 Å². The normalized spacial score (nSPS) is 23.2. The summed E-state index contributed by atoms with van der Waals surface area (Å²) in [6.45, 7) is 0. The van der Waals surface area contributed by atoms with Crippen LogP contribution in [0.5, 0.6) is 0 Å². The van der Waals surface area contributed by atoms with Crippen molar-refractivity contribution in [2.24, 2.45) is 5.73 Å². The molecule has 0 radical (unpaired) electrons. The lowest BCUT2D eigenvalue weighted by Crippen LogP contribution is -2.38. The number of benzene rings is 2. The first-order valence-corrected chi connectivity index (χ1v) is 6.73. The van der Waals surface area contributed by atoms with E-state index in [1.54, 1.807) is 0 Å². The molecule has 1 heteroatoms. The lowest BCUT2D eigenvalue weighted by molar-refractivity contribution is 0.479. The zero-order valence-electron chi connectivity index (χ0n) is 10.6. The zero-order valence-corrected chi connectivity index (χ0v) is 10.6. The van der Waals surface area contributed by atoms with E-state index in [-0.39, 0.29) is 5.54 Å². The molecular weight excluding hydrogens is 218 g/mol. The van der Waals surface area contributed by atoms with Gasteiger partial charge in [-0.25, -0.2) is 0 Å². The predicted octanol–water partition coefficient (Wildman–Crippen LogP) is 3.62. The number of aryl methyl sites for hydroxylation is 1. The molecule has 0 heterocycles. The van der Waals surface area contributed by atoms with Gasteiger partial charge in [0.15, 0.2) is 0 Å². The molecule has 0 spiro atoms. The van der Waals surface area contributed by atoms with Crippen molar-refractivity contribution >= 4 is 0 Å². The SMILES string of the molecule is NC1(c2ccccc2)CCCCc2ccccc21. The van der Waals surface area contributed by atoms with E-state index < -0.39 is 0 Å². The van der Waals surface area contributed by atoms with Gasteiger partial charge >= 0.3 is 0 Å². The highest BCUT2D eigenvalue weighted by Crippen LogP contribution is 2.37. The van der Waals surface area contributed by atoms with E-state index in [0.29, 0.717) is 0 Å². The van der Waals surface area contributed by atoms with Gasteiger partial charge < -0.3 is 5.73 Å². The third-order valence-corrected chi connectivity index (χ3v) is 4.05. The number of hydrogen-bond acceptors (Lipinski definition) is 1. The Morgan fingerprint density at radius 1 is 0.833 bits per heavy atom. The molecule has 0 saturated carbocycles. The first kappa shape index (κ1) is 11.5. The van der Waals surface area contributed by atoms with E-state index in [4.69, 9.17) is 5.73 Å². The highest BCUT2D eigenvalue weighted by Gasteiger charge is 2.32. The second-order valence-electron chi connectivity index (χ2n) is 5.20. The van der Waals surface area contributed by atoms with Crippen molar-refractivity contribution in [1.82, 2.24) is 0 Å². The average Bonchev–Trinajstić information content (AvgIpc) is 2.61. The monoisotopic (exact) mass is 237 g/mol. The first-order chi connectivity index (χ1) is 8.81. The molecule has 2 aromatic rings. The Bertz CT molecular complexity index is 532. The minimum atomic E-state index is -0.311. The minimum Gasteiger partial charge on any atom is -0.318 e. The summed E-state index contributed by atoms with van der Waals surface area (Å²) in [6.07, 6.45) is 4.62. The van der Waals surface area contributed by atoms with E-state index in [1.165, 1.54) is 29.5 Å². The third kappa shape index (κ3) is 1.85. The molecule has 2 aromatic carbocycles. The van der Waals surface area contributed by atoms with Gasteiger partial charge in [0.1, 0.15) is 0 Å². The molecule has 0 saturated heterocycles. The van der Waals surface area contributed by atoms with Crippen LogP contribution in [-0.2, 0) is 12.0 Å². The molecule has 0 amide bonds. The molecule has 1 unspecified atom stereocenters. The van der Waals surface area contributed by atoms with Gasteiger partial charge in [-0.05, 0) is 36.0 Å². The molecule has 3 rings (SSSR count). The lowest BCUT2D eigenvalue weighted by atomic mass is 9.79. The molecule has 92 valence electrons. The fraction of sp³-hybridized carbons (Fsp3) is 0.294. The smallest absolute Gasteiger partial charge is 0.0668 e. The second kappa shape index (κ2) is 4.58. The Labute approximate surface area is 109 Å². The van der Waals surface area contributed by atoms with Crippen LogP contribution >= 0.6 is 0 Å². The molecule has 2 N–H and O–H groups in total. The fourth-order valence-electron chi connectivity index (χ4n) is 3.06. The molecule has 1 atom stereocenters. The van der Waals surface area contributed by atoms with Crippen molar-refractivity contribution in [3.05, 3.63) is 71.3 Å². The minimum absolute atomic E-state index is 0.311. The molecule has 18 heavy (non-hydrogen) atoms. The number of rotatable bonds is 1. The molecular formula is C17H19N. The quantitative estimate of drug-likeness (QED) is 0.753. The van der Waals surface area contributed by atoms with Crippen LogP contribution in [0, 0.1) is 0 Å².